The first-order valence-corrected chi connectivity index (χ1v) is 5.46. The quantitative estimate of drug-likeness (QED) is 0.777. The molecular weight excluding hydrogens is 208 g/mol. The molecule has 0 radical (unpaired) electrons. The van der Waals surface area contributed by atoms with Crippen molar-refractivity contribution < 1.29 is 9.32 Å². The molecule has 6 heteroatoms. The molecule has 1 N–H and O–H groups in total. The first kappa shape index (κ1) is 11.1. The van der Waals surface area contributed by atoms with Gasteiger partial charge in [0, 0.05) is 26.6 Å². The number of carbonyl (C=O) groups excluding carboxylic acids is 1. The van der Waals surface area contributed by atoms with Crippen molar-refractivity contribution in [2.75, 3.05) is 20.1 Å². The molecule has 1 atom stereocenters. The zero-order valence-corrected chi connectivity index (χ0v) is 9.56. The summed E-state index contributed by atoms with van der Waals surface area (Å²) < 4.78 is 4.80. The molecule has 16 heavy (non-hydrogen) atoms. The Balaban J connectivity index is 2.03. The van der Waals surface area contributed by atoms with Crippen molar-refractivity contribution in [3.8, 4) is 0 Å². The van der Waals surface area contributed by atoms with Crippen LogP contribution in [0.4, 0.5) is 0 Å². The minimum Gasteiger partial charge on any atom is -0.339 e. The monoisotopic (exact) mass is 224 g/mol. The number of amides is 1. The van der Waals surface area contributed by atoms with Gasteiger partial charge in [-0.3, -0.25) is 4.79 Å². The third-order valence-electron chi connectivity index (χ3n) is 2.86. The minimum atomic E-state index is -0.175. The fraction of sp³-hybridized carbons (Fsp3) is 0.700. The molecule has 2 rings (SSSR count). The summed E-state index contributed by atoms with van der Waals surface area (Å²) in [5.41, 5.74) is 0. The lowest BCUT2D eigenvalue weighted by Crippen LogP contribution is -2.46. The first-order chi connectivity index (χ1) is 7.68. The summed E-state index contributed by atoms with van der Waals surface area (Å²) in [6.45, 7) is 3.53. The van der Waals surface area contributed by atoms with Gasteiger partial charge in [0.2, 0.25) is 5.89 Å². The summed E-state index contributed by atoms with van der Waals surface area (Å²) in [6, 6.07) is 0.222. The molecular formula is C10H16N4O2. The molecule has 1 unspecified atom stereocenters. The van der Waals surface area contributed by atoms with E-state index in [0.717, 1.165) is 25.9 Å². The van der Waals surface area contributed by atoms with Crippen LogP contribution in [-0.2, 0) is 0 Å². The number of nitrogens with one attached hydrogen (secondary N) is 1. The highest BCUT2D eigenvalue weighted by molar-refractivity contribution is 5.90. The molecule has 1 aromatic heterocycles. The Morgan fingerprint density at radius 1 is 1.62 bits per heavy atom. The number of aromatic nitrogens is 2. The maximum Gasteiger partial charge on any atom is 0.295 e. The Morgan fingerprint density at radius 3 is 3.00 bits per heavy atom. The van der Waals surface area contributed by atoms with Gasteiger partial charge in [0.05, 0.1) is 0 Å². The van der Waals surface area contributed by atoms with Gasteiger partial charge in [0.1, 0.15) is 0 Å². The molecule has 88 valence electrons. The standard InChI is InChI=1S/C10H16N4O2/c1-7-12-9(13-16-7)10(15)14(2)8-4-3-5-11-6-8/h8,11H,3-6H2,1-2H3. The molecule has 2 heterocycles. The van der Waals surface area contributed by atoms with Crippen LogP contribution in [0, 0.1) is 6.92 Å². The number of aryl methyl sites for hydroxylation is 1. The zero-order chi connectivity index (χ0) is 11.5. The van der Waals surface area contributed by atoms with E-state index in [4.69, 9.17) is 4.52 Å². The van der Waals surface area contributed by atoms with Gasteiger partial charge in [-0.2, -0.15) is 4.98 Å². The molecule has 1 aliphatic heterocycles. The number of piperidine rings is 1. The summed E-state index contributed by atoms with van der Waals surface area (Å²) in [5, 5.41) is 6.90. The first-order valence-electron chi connectivity index (χ1n) is 5.46. The zero-order valence-electron chi connectivity index (χ0n) is 9.56. The third-order valence-corrected chi connectivity index (χ3v) is 2.86. The van der Waals surface area contributed by atoms with E-state index in [0.29, 0.717) is 5.89 Å². The van der Waals surface area contributed by atoms with Gasteiger partial charge in [0.15, 0.2) is 0 Å². The van der Waals surface area contributed by atoms with Crippen molar-refractivity contribution in [1.82, 2.24) is 20.4 Å². The largest absolute Gasteiger partial charge is 0.339 e. The van der Waals surface area contributed by atoms with Gasteiger partial charge in [-0.25, -0.2) is 0 Å². The predicted molar refractivity (Wildman–Crippen MR) is 57.0 cm³/mol. The van der Waals surface area contributed by atoms with E-state index in [1.807, 2.05) is 0 Å². The van der Waals surface area contributed by atoms with Gasteiger partial charge in [-0.05, 0) is 19.4 Å². The predicted octanol–water partition coefficient (Wildman–Crippen LogP) is 0.202. The van der Waals surface area contributed by atoms with Crippen LogP contribution in [0.15, 0.2) is 4.52 Å². The van der Waals surface area contributed by atoms with Gasteiger partial charge in [0.25, 0.3) is 11.7 Å². The molecule has 0 bridgehead atoms. The second-order valence-corrected chi connectivity index (χ2v) is 4.05. The fourth-order valence-corrected chi connectivity index (χ4v) is 1.87. The summed E-state index contributed by atoms with van der Waals surface area (Å²) in [5.74, 6) is 0.384. The van der Waals surface area contributed by atoms with Crippen LogP contribution >= 0.6 is 0 Å². The SMILES string of the molecule is Cc1nc(C(=O)N(C)C2CCCNC2)no1. The molecule has 0 saturated carbocycles. The Kier molecular flexibility index (Phi) is 3.19. The highest BCUT2D eigenvalue weighted by Gasteiger charge is 2.25. The molecule has 1 saturated heterocycles. The smallest absolute Gasteiger partial charge is 0.295 e. The molecule has 0 aliphatic carbocycles. The van der Waals surface area contributed by atoms with Crippen molar-refractivity contribution in [3.63, 3.8) is 0 Å². The van der Waals surface area contributed by atoms with Crippen molar-refractivity contribution in [2.24, 2.45) is 0 Å². The van der Waals surface area contributed by atoms with Crippen molar-refractivity contribution in [2.45, 2.75) is 25.8 Å². The molecule has 1 fully saturated rings. The minimum absolute atomic E-state index is 0.144. The number of nitrogens with zero attached hydrogens (tertiary/aromatic N) is 3. The van der Waals surface area contributed by atoms with E-state index in [-0.39, 0.29) is 17.8 Å². The Labute approximate surface area is 94.0 Å². The van der Waals surface area contributed by atoms with Crippen LogP contribution in [-0.4, -0.2) is 47.1 Å². The van der Waals surface area contributed by atoms with Crippen LogP contribution in [0.2, 0.25) is 0 Å². The molecule has 1 amide bonds. The number of carbonyl (C=O) groups is 1. The lowest BCUT2D eigenvalue weighted by Gasteiger charge is -2.30. The highest BCUT2D eigenvalue weighted by Crippen LogP contribution is 2.11. The van der Waals surface area contributed by atoms with E-state index in [2.05, 4.69) is 15.5 Å². The number of rotatable bonds is 2. The van der Waals surface area contributed by atoms with Crippen molar-refractivity contribution in [1.29, 1.82) is 0 Å². The summed E-state index contributed by atoms with van der Waals surface area (Å²) in [7, 11) is 1.78. The van der Waals surface area contributed by atoms with Crippen LogP contribution in [0.1, 0.15) is 29.4 Å². The second kappa shape index (κ2) is 4.61. The molecule has 0 spiro atoms. The topological polar surface area (TPSA) is 71.3 Å². The Bertz CT molecular complexity index is 371. The lowest BCUT2D eigenvalue weighted by molar-refractivity contribution is 0.0692. The van der Waals surface area contributed by atoms with Crippen molar-refractivity contribution >= 4 is 5.91 Å². The molecule has 6 nitrogen and oxygen atoms in total. The summed E-state index contributed by atoms with van der Waals surface area (Å²) in [4.78, 5) is 17.6. The number of hydrogen-bond donors (Lipinski definition) is 1. The summed E-state index contributed by atoms with van der Waals surface area (Å²) in [6.07, 6.45) is 2.11. The average molecular weight is 224 g/mol. The van der Waals surface area contributed by atoms with Crippen LogP contribution in [0.25, 0.3) is 0 Å². The molecule has 1 aromatic rings. The summed E-state index contributed by atoms with van der Waals surface area (Å²) >= 11 is 0. The maximum absolute atomic E-state index is 12.0. The van der Waals surface area contributed by atoms with E-state index >= 15 is 0 Å². The van der Waals surface area contributed by atoms with Crippen LogP contribution < -0.4 is 5.32 Å². The van der Waals surface area contributed by atoms with Crippen molar-refractivity contribution in [3.05, 3.63) is 11.7 Å². The van der Waals surface area contributed by atoms with E-state index in [1.165, 1.54) is 0 Å². The van der Waals surface area contributed by atoms with Crippen LogP contribution in [0.5, 0.6) is 0 Å². The van der Waals surface area contributed by atoms with E-state index in [9.17, 15) is 4.79 Å². The van der Waals surface area contributed by atoms with Crippen LogP contribution in [0.3, 0.4) is 0 Å². The van der Waals surface area contributed by atoms with E-state index < -0.39 is 0 Å². The lowest BCUT2D eigenvalue weighted by atomic mass is 10.1. The average Bonchev–Trinajstić information content (AvgIpc) is 2.75. The Morgan fingerprint density at radius 2 is 2.44 bits per heavy atom. The van der Waals surface area contributed by atoms with E-state index in [1.54, 1.807) is 18.9 Å². The molecule has 0 aromatic carbocycles. The number of likely N-dealkylation sites (N-methyl/N-ethyl adjacent to an activating group) is 1. The highest BCUT2D eigenvalue weighted by atomic mass is 16.5. The normalized spacial score (nSPS) is 20.8. The Hall–Kier alpha value is -1.43. The van der Waals surface area contributed by atoms with Gasteiger partial charge in [-0.15, -0.1) is 0 Å². The maximum atomic E-state index is 12.0. The second-order valence-electron chi connectivity index (χ2n) is 4.05. The third kappa shape index (κ3) is 2.21. The number of hydrogen-bond acceptors (Lipinski definition) is 5. The van der Waals surface area contributed by atoms with Gasteiger partial charge in [-0.1, -0.05) is 5.16 Å². The van der Waals surface area contributed by atoms with Gasteiger partial charge < -0.3 is 14.7 Å². The van der Waals surface area contributed by atoms with Gasteiger partial charge >= 0.3 is 0 Å². The molecule has 1 aliphatic rings. The fourth-order valence-electron chi connectivity index (χ4n) is 1.87.